The Morgan fingerprint density at radius 1 is 0.833 bits per heavy atom. The predicted octanol–water partition coefficient (Wildman–Crippen LogP) is 5.18. The first-order valence-corrected chi connectivity index (χ1v) is 14.4. The third kappa shape index (κ3) is 10.8. The second-order valence-electron chi connectivity index (χ2n) is 12.4. The van der Waals surface area contributed by atoms with Crippen LogP contribution >= 0.6 is 0 Å². The molecule has 0 aliphatic carbocycles. The Kier molecular flexibility index (Phi) is 12.1. The summed E-state index contributed by atoms with van der Waals surface area (Å²) in [5.41, 5.74) is 1.66. The van der Waals surface area contributed by atoms with Gasteiger partial charge in [-0.1, -0.05) is 55.5 Å². The molecule has 0 radical (unpaired) electrons. The van der Waals surface area contributed by atoms with Crippen molar-refractivity contribution in [3.8, 4) is 0 Å². The Labute approximate surface area is 250 Å². The Morgan fingerprint density at radius 3 is 1.93 bits per heavy atom. The summed E-state index contributed by atoms with van der Waals surface area (Å²) in [4.78, 5) is 55.0. The van der Waals surface area contributed by atoms with E-state index in [4.69, 9.17) is 9.47 Å². The molecule has 0 fully saturated rings. The number of amides is 3. The SMILES string of the molecule is CCCN(C(=O)CNC(=O)OC(C)(C)C)C(C(=O)NC(Cc1ccccc1)C(=O)OC(C)(C)C)c1c(C)cccc1C. The summed E-state index contributed by atoms with van der Waals surface area (Å²) in [5, 5.41) is 5.42. The van der Waals surface area contributed by atoms with Gasteiger partial charge < -0.3 is 25.0 Å². The molecule has 9 heteroatoms. The number of carbonyl (C=O) groups excluding carboxylic acids is 4. The van der Waals surface area contributed by atoms with Gasteiger partial charge in [-0.15, -0.1) is 0 Å². The molecular weight excluding hydrogens is 534 g/mol. The monoisotopic (exact) mass is 581 g/mol. The molecule has 2 atom stereocenters. The maximum Gasteiger partial charge on any atom is 0.408 e. The maximum absolute atomic E-state index is 14.2. The van der Waals surface area contributed by atoms with Gasteiger partial charge in [-0.25, -0.2) is 9.59 Å². The van der Waals surface area contributed by atoms with E-state index in [-0.39, 0.29) is 19.5 Å². The van der Waals surface area contributed by atoms with Crippen molar-refractivity contribution in [1.29, 1.82) is 0 Å². The first-order chi connectivity index (χ1) is 19.5. The second kappa shape index (κ2) is 14.8. The number of ether oxygens (including phenoxy) is 2. The first-order valence-electron chi connectivity index (χ1n) is 14.4. The van der Waals surface area contributed by atoms with E-state index in [9.17, 15) is 19.2 Å². The Balaban J connectivity index is 2.49. The molecule has 2 unspecified atom stereocenters. The van der Waals surface area contributed by atoms with Crippen molar-refractivity contribution < 1.29 is 28.7 Å². The molecule has 0 heterocycles. The van der Waals surface area contributed by atoms with Gasteiger partial charge in [0.05, 0.1) is 0 Å². The number of benzene rings is 2. The molecule has 0 aromatic heterocycles. The van der Waals surface area contributed by atoms with Crippen molar-refractivity contribution in [2.45, 2.75) is 98.4 Å². The van der Waals surface area contributed by atoms with Crippen LogP contribution in [0, 0.1) is 13.8 Å². The van der Waals surface area contributed by atoms with Crippen molar-refractivity contribution >= 4 is 23.9 Å². The number of alkyl carbamates (subject to hydrolysis) is 1. The van der Waals surface area contributed by atoms with E-state index < -0.39 is 47.2 Å². The number of rotatable bonds is 11. The molecule has 2 aromatic carbocycles. The minimum atomic E-state index is -1.06. The van der Waals surface area contributed by atoms with Crippen LogP contribution in [-0.2, 0) is 30.3 Å². The lowest BCUT2D eigenvalue weighted by atomic mass is 9.93. The number of carbonyl (C=O) groups is 4. The van der Waals surface area contributed by atoms with Crippen LogP contribution in [0.3, 0.4) is 0 Å². The van der Waals surface area contributed by atoms with Gasteiger partial charge in [0.25, 0.3) is 0 Å². The highest BCUT2D eigenvalue weighted by molar-refractivity contribution is 5.93. The molecule has 0 aliphatic rings. The van der Waals surface area contributed by atoms with Gasteiger partial charge in [0.15, 0.2) is 0 Å². The minimum Gasteiger partial charge on any atom is -0.458 e. The van der Waals surface area contributed by atoms with Crippen LogP contribution in [0.4, 0.5) is 4.79 Å². The molecule has 9 nitrogen and oxygen atoms in total. The van der Waals surface area contributed by atoms with Crippen LogP contribution in [0.5, 0.6) is 0 Å². The highest BCUT2D eigenvalue weighted by Crippen LogP contribution is 2.29. The molecule has 3 amide bonds. The smallest absolute Gasteiger partial charge is 0.408 e. The molecule has 2 rings (SSSR count). The molecule has 0 saturated carbocycles. The quantitative estimate of drug-likeness (QED) is 0.354. The molecule has 230 valence electrons. The van der Waals surface area contributed by atoms with E-state index in [2.05, 4.69) is 10.6 Å². The fourth-order valence-corrected chi connectivity index (χ4v) is 4.56. The topological polar surface area (TPSA) is 114 Å². The zero-order valence-corrected chi connectivity index (χ0v) is 26.5. The minimum absolute atomic E-state index is 0.211. The van der Waals surface area contributed by atoms with Gasteiger partial charge >= 0.3 is 12.1 Å². The van der Waals surface area contributed by atoms with E-state index in [0.717, 1.165) is 16.7 Å². The largest absolute Gasteiger partial charge is 0.458 e. The van der Waals surface area contributed by atoms with Crippen molar-refractivity contribution in [2.75, 3.05) is 13.1 Å². The third-order valence-electron chi connectivity index (χ3n) is 6.23. The second-order valence-corrected chi connectivity index (χ2v) is 12.4. The van der Waals surface area contributed by atoms with Gasteiger partial charge in [-0.3, -0.25) is 9.59 Å². The molecular formula is C33H47N3O6. The number of hydrogen-bond acceptors (Lipinski definition) is 6. The standard InChI is InChI=1S/C33H47N3O6/c1-10-19-36(26(37)21-34-31(40)42-33(7,8)9)28(27-22(2)15-14-16-23(27)3)29(38)35-25(30(39)41-32(4,5)6)20-24-17-12-11-13-18-24/h11-18,25,28H,10,19-21H2,1-9H3,(H,34,40)(H,35,38). The molecule has 2 aromatic rings. The summed E-state index contributed by atoms with van der Waals surface area (Å²) in [5.74, 6) is -1.54. The molecule has 0 saturated heterocycles. The average Bonchev–Trinajstić information content (AvgIpc) is 2.86. The van der Waals surface area contributed by atoms with Crippen molar-refractivity contribution in [3.05, 3.63) is 70.8 Å². The van der Waals surface area contributed by atoms with E-state index in [1.165, 1.54) is 4.90 Å². The molecule has 0 bridgehead atoms. The summed E-state index contributed by atoms with van der Waals surface area (Å²) in [7, 11) is 0. The molecule has 42 heavy (non-hydrogen) atoms. The molecule has 0 aliphatic heterocycles. The van der Waals surface area contributed by atoms with Crippen LogP contribution in [0.25, 0.3) is 0 Å². The summed E-state index contributed by atoms with van der Waals surface area (Å²) in [6, 6.07) is 13.0. The summed E-state index contributed by atoms with van der Waals surface area (Å²) < 4.78 is 11.0. The van der Waals surface area contributed by atoms with Crippen molar-refractivity contribution in [1.82, 2.24) is 15.5 Å². The lowest BCUT2D eigenvalue weighted by molar-refractivity contribution is -0.159. The summed E-state index contributed by atoms with van der Waals surface area (Å²) in [6.45, 7) is 16.1. The van der Waals surface area contributed by atoms with E-state index in [0.29, 0.717) is 12.0 Å². The van der Waals surface area contributed by atoms with Crippen molar-refractivity contribution in [2.24, 2.45) is 0 Å². The number of nitrogens with one attached hydrogen (secondary N) is 2. The zero-order chi connectivity index (χ0) is 31.7. The van der Waals surface area contributed by atoms with E-state index in [1.54, 1.807) is 41.5 Å². The fourth-order valence-electron chi connectivity index (χ4n) is 4.56. The van der Waals surface area contributed by atoms with Gasteiger partial charge in [-0.2, -0.15) is 0 Å². The third-order valence-corrected chi connectivity index (χ3v) is 6.23. The average molecular weight is 582 g/mol. The first kappa shape index (κ1) is 34.3. The number of nitrogens with zero attached hydrogens (tertiary/aromatic N) is 1. The lowest BCUT2D eigenvalue weighted by Gasteiger charge is -2.34. The fraction of sp³-hybridized carbons (Fsp3) is 0.515. The van der Waals surface area contributed by atoms with Gasteiger partial charge in [0, 0.05) is 13.0 Å². The van der Waals surface area contributed by atoms with E-state index >= 15 is 0 Å². The summed E-state index contributed by atoms with van der Waals surface area (Å²) in [6.07, 6.45) is 0.0446. The Hall–Kier alpha value is -3.88. The number of aryl methyl sites for hydroxylation is 2. The maximum atomic E-state index is 14.2. The number of esters is 1. The zero-order valence-electron chi connectivity index (χ0n) is 26.5. The van der Waals surface area contributed by atoms with Crippen LogP contribution < -0.4 is 10.6 Å². The van der Waals surface area contributed by atoms with Crippen molar-refractivity contribution in [3.63, 3.8) is 0 Å². The highest BCUT2D eigenvalue weighted by Gasteiger charge is 2.36. The van der Waals surface area contributed by atoms with Crippen LogP contribution in [0.1, 0.15) is 83.2 Å². The van der Waals surface area contributed by atoms with Crippen LogP contribution in [0.15, 0.2) is 48.5 Å². The van der Waals surface area contributed by atoms with Crippen LogP contribution in [-0.4, -0.2) is 59.1 Å². The summed E-state index contributed by atoms with van der Waals surface area (Å²) >= 11 is 0. The van der Waals surface area contributed by atoms with Crippen LogP contribution in [0.2, 0.25) is 0 Å². The number of hydrogen-bond donors (Lipinski definition) is 2. The normalized spacial score (nSPS) is 13.0. The Bertz CT molecular complexity index is 1210. The van der Waals surface area contributed by atoms with Gasteiger partial charge in [-0.05, 0) is 84.1 Å². The van der Waals surface area contributed by atoms with Gasteiger partial charge in [0.1, 0.15) is 29.8 Å². The molecule has 2 N–H and O–H groups in total. The van der Waals surface area contributed by atoms with Gasteiger partial charge in [0.2, 0.25) is 11.8 Å². The Morgan fingerprint density at radius 2 is 1.40 bits per heavy atom. The highest BCUT2D eigenvalue weighted by atomic mass is 16.6. The molecule has 0 spiro atoms. The lowest BCUT2D eigenvalue weighted by Crippen LogP contribution is -2.52. The van der Waals surface area contributed by atoms with E-state index in [1.807, 2.05) is 69.3 Å². The predicted molar refractivity (Wildman–Crippen MR) is 163 cm³/mol.